The summed E-state index contributed by atoms with van der Waals surface area (Å²) in [6, 6.07) is 10.3. The molecule has 0 saturated carbocycles. The summed E-state index contributed by atoms with van der Waals surface area (Å²) in [4.78, 5) is 13.2. The Morgan fingerprint density at radius 1 is 1.10 bits per heavy atom. The molecule has 0 aliphatic carbocycles. The highest BCUT2D eigenvalue weighted by Crippen LogP contribution is 2.20. The van der Waals surface area contributed by atoms with Crippen LogP contribution in [0.2, 0.25) is 0 Å². The molecule has 21 heavy (non-hydrogen) atoms. The molecule has 0 unspecified atom stereocenters. The van der Waals surface area contributed by atoms with E-state index in [1.807, 2.05) is 30.0 Å². The van der Waals surface area contributed by atoms with Crippen LogP contribution in [0.3, 0.4) is 0 Å². The van der Waals surface area contributed by atoms with Gasteiger partial charge in [0.1, 0.15) is 0 Å². The van der Waals surface area contributed by atoms with Crippen LogP contribution in [-0.4, -0.2) is 18.2 Å². The molecule has 1 aromatic rings. The first-order valence-electron chi connectivity index (χ1n) is 7.95. The maximum Gasteiger partial charge on any atom is 0.220 e. The van der Waals surface area contributed by atoms with Crippen LogP contribution in [0.1, 0.15) is 40.5 Å². The zero-order valence-electron chi connectivity index (χ0n) is 13.8. The van der Waals surface area contributed by atoms with Crippen molar-refractivity contribution in [2.75, 3.05) is 12.3 Å². The number of thioether (sulfide) groups is 1. The van der Waals surface area contributed by atoms with Crippen molar-refractivity contribution >= 4 is 17.7 Å². The van der Waals surface area contributed by atoms with Gasteiger partial charge in [0.15, 0.2) is 0 Å². The molecular formula is C18H29NOS. The van der Waals surface area contributed by atoms with Crippen LogP contribution >= 0.6 is 11.8 Å². The van der Waals surface area contributed by atoms with E-state index in [9.17, 15) is 4.79 Å². The molecule has 118 valence electrons. The quantitative estimate of drug-likeness (QED) is 0.533. The van der Waals surface area contributed by atoms with Crippen molar-refractivity contribution in [3.63, 3.8) is 0 Å². The van der Waals surface area contributed by atoms with Gasteiger partial charge in [-0.1, -0.05) is 45.9 Å². The number of amides is 1. The van der Waals surface area contributed by atoms with E-state index in [0.717, 1.165) is 18.7 Å². The SMILES string of the molecule is CC(C)C(CNC(=O)CCCSc1ccccc1)C(C)C. The van der Waals surface area contributed by atoms with E-state index in [1.165, 1.54) is 4.90 Å². The van der Waals surface area contributed by atoms with Crippen LogP contribution in [0.25, 0.3) is 0 Å². The highest BCUT2D eigenvalue weighted by atomic mass is 32.2. The van der Waals surface area contributed by atoms with Gasteiger partial charge in [-0.15, -0.1) is 11.8 Å². The minimum atomic E-state index is 0.190. The summed E-state index contributed by atoms with van der Waals surface area (Å²) in [5, 5.41) is 3.10. The smallest absolute Gasteiger partial charge is 0.220 e. The molecule has 0 bridgehead atoms. The maximum atomic E-state index is 11.9. The van der Waals surface area contributed by atoms with E-state index in [0.29, 0.717) is 24.2 Å². The van der Waals surface area contributed by atoms with Crippen LogP contribution in [0.4, 0.5) is 0 Å². The predicted molar refractivity (Wildman–Crippen MR) is 92.6 cm³/mol. The Hall–Kier alpha value is -0.960. The van der Waals surface area contributed by atoms with E-state index < -0.39 is 0 Å². The molecule has 0 saturated heterocycles. The molecule has 1 aromatic carbocycles. The summed E-state index contributed by atoms with van der Waals surface area (Å²) in [6.45, 7) is 9.72. The van der Waals surface area contributed by atoms with E-state index in [-0.39, 0.29) is 5.91 Å². The molecule has 1 rings (SSSR count). The highest BCUT2D eigenvalue weighted by molar-refractivity contribution is 7.99. The van der Waals surface area contributed by atoms with Crippen molar-refractivity contribution in [1.29, 1.82) is 0 Å². The van der Waals surface area contributed by atoms with Gasteiger partial charge < -0.3 is 5.32 Å². The number of carbonyl (C=O) groups excluding carboxylic acids is 1. The summed E-state index contributed by atoms with van der Waals surface area (Å²) < 4.78 is 0. The van der Waals surface area contributed by atoms with Crippen molar-refractivity contribution in [3.8, 4) is 0 Å². The molecule has 0 spiro atoms. The summed E-state index contributed by atoms with van der Waals surface area (Å²) in [5.74, 6) is 2.97. The van der Waals surface area contributed by atoms with Crippen LogP contribution in [0.15, 0.2) is 35.2 Å². The van der Waals surface area contributed by atoms with Crippen molar-refractivity contribution in [1.82, 2.24) is 5.32 Å². The Balaban J connectivity index is 2.16. The Labute approximate surface area is 134 Å². The van der Waals surface area contributed by atoms with Crippen molar-refractivity contribution < 1.29 is 4.79 Å². The Bertz CT molecular complexity index is 395. The average Bonchev–Trinajstić information content (AvgIpc) is 2.44. The second kappa shape index (κ2) is 9.88. The lowest BCUT2D eigenvalue weighted by atomic mass is 9.85. The van der Waals surface area contributed by atoms with Crippen molar-refractivity contribution in [2.45, 2.75) is 45.4 Å². The number of carbonyl (C=O) groups is 1. The van der Waals surface area contributed by atoms with Gasteiger partial charge in [-0.05, 0) is 42.1 Å². The van der Waals surface area contributed by atoms with Crippen LogP contribution in [-0.2, 0) is 4.79 Å². The van der Waals surface area contributed by atoms with Gasteiger partial charge in [0.2, 0.25) is 5.91 Å². The third-order valence-electron chi connectivity index (χ3n) is 3.81. The molecule has 0 atom stereocenters. The second-order valence-electron chi connectivity index (χ2n) is 6.22. The highest BCUT2D eigenvalue weighted by Gasteiger charge is 2.17. The van der Waals surface area contributed by atoms with Gasteiger partial charge in [-0.25, -0.2) is 0 Å². The lowest BCUT2D eigenvalue weighted by Crippen LogP contribution is -2.33. The fourth-order valence-corrected chi connectivity index (χ4v) is 3.37. The van der Waals surface area contributed by atoms with E-state index in [4.69, 9.17) is 0 Å². The van der Waals surface area contributed by atoms with Crippen molar-refractivity contribution in [3.05, 3.63) is 30.3 Å². The monoisotopic (exact) mass is 307 g/mol. The molecule has 0 aromatic heterocycles. The minimum Gasteiger partial charge on any atom is -0.356 e. The van der Waals surface area contributed by atoms with E-state index in [2.05, 4.69) is 45.1 Å². The molecule has 2 nitrogen and oxygen atoms in total. The van der Waals surface area contributed by atoms with Crippen LogP contribution in [0, 0.1) is 17.8 Å². The maximum absolute atomic E-state index is 11.9. The lowest BCUT2D eigenvalue weighted by Gasteiger charge is -2.25. The van der Waals surface area contributed by atoms with Gasteiger partial charge in [0.25, 0.3) is 0 Å². The number of hydrogen-bond acceptors (Lipinski definition) is 2. The second-order valence-corrected chi connectivity index (χ2v) is 7.39. The first-order chi connectivity index (χ1) is 10.0. The van der Waals surface area contributed by atoms with Gasteiger partial charge >= 0.3 is 0 Å². The third-order valence-corrected chi connectivity index (χ3v) is 4.91. The average molecular weight is 308 g/mol. The van der Waals surface area contributed by atoms with Gasteiger partial charge in [0, 0.05) is 17.9 Å². The zero-order chi connectivity index (χ0) is 15.7. The number of nitrogens with one attached hydrogen (secondary N) is 1. The van der Waals surface area contributed by atoms with Gasteiger partial charge in [0.05, 0.1) is 0 Å². The molecule has 0 aliphatic heterocycles. The predicted octanol–water partition coefficient (Wildman–Crippen LogP) is 4.60. The Morgan fingerprint density at radius 3 is 2.29 bits per heavy atom. The van der Waals surface area contributed by atoms with Gasteiger partial charge in [-0.3, -0.25) is 4.79 Å². The lowest BCUT2D eigenvalue weighted by molar-refractivity contribution is -0.121. The first kappa shape index (κ1) is 18.1. The van der Waals surface area contributed by atoms with E-state index in [1.54, 1.807) is 0 Å². The zero-order valence-corrected chi connectivity index (χ0v) is 14.6. The Kier molecular flexibility index (Phi) is 8.51. The number of rotatable bonds is 9. The summed E-state index contributed by atoms with van der Waals surface area (Å²) in [5.41, 5.74) is 0. The molecule has 1 N–H and O–H groups in total. The molecule has 0 aliphatic rings. The third kappa shape index (κ3) is 7.56. The minimum absolute atomic E-state index is 0.190. The molecule has 0 fully saturated rings. The molecule has 0 heterocycles. The van der Waals surface area contributed by atoms with Gasteiger partial charge in [-0.2, -0.15) is 0 Å². The molecule has 3 heteroatoms. The molecule has 1 amide bonds. The largest absolute Gasteiger partial charge is 0.356 e. The first-order valence-corrected chi connectivity index (χ1v) is 8.93. The molecule has 0 radical (unpaired) electrons. The fourth-order valence-electron chi connectivity index (χ4n) is 2.50. The fraction of sp³-hybridized carbons (Fsp3) is 0.611. The number of hydrogen-bond donors (Lipinski definition) is 1. The topological polar surface area (TPSA) is 29.1 Å². The summed E-state index contributed by atoms with van der Waals surface area (Å²) in [7, 11) is 0. The number of benzene rings is 1. The van der Waals surface area contributed by atoms with E-state index >= 15 is 0 Å². The summed E-state index contributed by atoms with van der Waals surface area (Å²) >= 11 is 1.82. The van der Waals surface area contributed by atoms with Crippen molar-refractivity contribution in [2.24, 2.45) is 17.8 Å². The normalized spacial score (nSPS) is 11.4. The van der Waals surface area contributed by atoms with Crippen LogP contribution in [0.5, 0.6) is 0 Å². The Morgan fingerprint density at radius 2 is 1.71 bits per heavy atom. The summed E-state index contributed by atoms with van der Waals surface area (Å²) in [6.07, 6.45) is 1.56. The van der Waals surface area contributed by atoms with Crippen LogP contribution < -0.4 is 5.32 Å². The standard InChI is InChI=1S/C18H29NOS/c1-14(2)17(15(3)4)13-19-18(20)11-8-12-21-16-9-6-5-7-10-16/h5-7,9-10,14-15,17H,8,11-13H2,1-4H3,(H,19,20). The molecular weight excluding hydrogens is 278 g/mol.